The Bertz CT molecular complexity index is 736. The van der Waals surface area contributed by atoms with Crippen molar-refractivity contribution in [2.75, 3.05) is 0 Å². The number of carboxylic acids is 1. The Morgan fingerprint density at radius 1 is 1.29 bits per heavy atom. The number of nitro groups is 1. The van der Waals surface area contributed by atoms with Gasteiger partial charge in [-0.05, 0) is 6.07 Å². The highest BCUT2D eigenvalue weighted by atomic mass is 35.5. The molecule has 0 radical (unpaired) electrons. The summed E-state index contributed by atoms with van der Waals surface area (Å²) in [6, 6.07) is 6.23. The van der Waals surface area contributed by atoms with Gasteiger partial charge in [0.25, 0.3) is 0 Å². The number of aromatic nitrogens is 1. The normalized spacial score (nSPS) is 10.2. The first-order valence-corrected chi connectivity index (χ1v) is 6.15. The summed E-state index contributed by atoms with van der Waals surface area (Å²) in [7, 11) is 0. The lowest BCUT2D eigenvalue weighted by molar-refractivity contribution is -0.385. The van der Waals surface area contributed by atoms with Gasteiger partial charge in [-0.1, -0.05) is 29.3 Å². The number of aromatic carboxylic acids is 1. The first-order valence-electron chi connectivity index (χ1n) is 5.40. The number of carboxylic acid groups (broad SMARTS) is 1. The highest BCUT2D eigenvalue weighted by Crippen LogP contribution is 2.37. The number of hydrogen-bond donors (Lipinski definition) is 1. The molecule has 1 aromatic carbocycles. The molecule has 0 aliphatic heterocycles. The molecule has 1 aromatic heterocycles. The first-order chi connectivity index (χ1) is 9.88. The van der Waals surface area contributed by atoms with Crippen molar-refractivity contribution >= 4 is 34.9 Å². The Labute approximate surface area is 127 Å². The van der Waals surface area contributed by atoms with Crippen LogP contribution in [-0.2, 0) is 0 Å². The van der Waals surface area contributed by atoms with Gasteiger partial charge in [0.05, 0.1) is 15.0 Å². The van der Waals surface area contributed by atoms with E-state index in [9.17, 15) is 14.9 Å². The molecule has 21 heavy (non-hydrogen) atoms. The van der Waals surface area contributed by atoms with E-state index in [-0.39, 0.29) is 27.4 Å². The van der Waals surface area contributed by atoms with Gasteiger partial charge in [-0.3, -0.25) is 10.1 Å². The van der Waals surface area contributed by atoms with Gasteiger partial charge in [0, 0.05) is 18.2 Å². The van der Waals surface area contributed by atoms with Crippen molar-refractivity contribution in [3.8, 4) is 11.6 Å². The molecule has 1 heterocycles. The Morgan fingerprint density at radius 2 is 1.95 bits per heavy atom. The van der Waals surface area contributed by atoms with Crippen LogP contribution in [0.2, 0.25) is 10.0 Å². The standard InChI is InChI=1S/C12H6Cl2N2O5/c13-6-4-9(16(19)20)10(5-7(6)14)21-11-3-1-2-8(15-11)12(17)18/h1-5H,(H,17,18). The third-order valence-electron chi connectivity index (χ3n) is 2.36. The van der Waals surface area contributed by atoms with Gasteiger partial charge < -0.3 is 9.84 Å². The molecule has 0 atom stereocenters. The SMILES string of the molecule is O=C(O)c1cccc(Oc2cc(Cl)c(Cl)cc2[N+](=O)[O-])n1. The summed E-state index contributed by atoms with van der Waals surface area (Å²) in [5, 5.41) is 19.9. The van der Waals surface area contributed by atoms with Crippen molar-refractivity contribution in [2.24, 2.45) is 0 Å². The Balaban J connectivity index is 2.43. The van der Waals surface area contributed by atoms with Crippen LogP contribution in [-0.4, -0.2) is 21.0 Å². The van der Waals surface area contributed by atoms with Gasteiger partial charge in [-0.2, -0.15) is 0 Å². The van der Waals surface area contributed by atoms with Crippen LogP contribution in [0.5, 0.6) is 11.6 Å². The number of halogens is 2. The molecular weight excluding hydrogens is 323 g/mol. The van der Waals surface area contributed by atoms with Crippen molar-refractivity contribution in [2.45, 2.75) is 0 Å². The molecule has 0 fully saturated rings. The van der Waals surface area contributed by atoms with Gasteiger partial charge in [-0.15, -0.1) is 0 Å². The molecule has 2 aromatic rings. The minimum atomic E-state index is -1.25. The third-order valence-corrected chi connectivity index (χ3v) is 3.08. The fourth-order valence-electron chi connectivity index (χ4n) is 1.45. The van der Waals surface area contributed by atoms with Crippen molar-refractivity contribution in [3.63, 3.8) is 0 Å². The highest BCUT2D eigenvalue weighted by molar-refractivity contribution is 6.42. The number of hydrogen-bond acceptors (Lipinski definition) is 5. The van der Waals surface area contributed by atoms with Crippen LogP contribution in [0.15, 0.2) is 30.3 Å². The number of benzene rings is 1. The lowest BCUT2D eigenvalue weighted by atomic mass is 10.3. The van der Waals surface area contributed by atoms with Crippen LogP contribution < -0.4 is 4.74 Å². The average Bonchev–Trinajstić information content (AvgIpc) is 2.42. The zero-order valence-electron chi connectivity index (χ0n) is 10.1. The van der Waals surface area contributed by atoms with E-state index in [4.69, 9.17) is 33.0 Å². The van der Waals surface area contributed by atoms with Gasteiger partial charge in [0.15, 0.2) is 5.69 Å². The molecule has 0 aliphatic carbocycles. The van der Waals surface area contributed by atoms with Gasteiger partial charge in [-0.25, -0.2) is 9.78 Å². The van der Waals surface area contributed by atoms with Crippen molar-refractivity contribution in [1.82, 2.24) is 4.98 Å². The number of carbonyl (C=O) groups is 1. The second-order valence-electron chi connectivity index (χ2n) is 3.76. The average molecular weight is 329 g/mol. The number of rotatable bonds is 4. The molecule has 1 N–H and O–H groups in total. The maximum atomic E-state index is 11.0. The zero-order valence-corrected chi connectivity index (χ0v) is 11.6. The summed E-state index contributed by atoms with van der Waals surface area (Å²) in [6.45, 7) is 0. The summed E-state index contributed by atoms with van der Waals surface area (Å²) in [4.78, 5) is 24.8. The summed E-state index contributed by atoms with van der Waals surface area (Å²) >= 11 is 11.5. The molecule has 0 saturated carbocycles. The largest absolute Gasteiger partial charge is 0.477 e. The lowest BCUT2D eigenvalue weighted by Crippen LogP contribution is -2.01. The quantitative estimate of drug-likeness (QED) is 0.676. The predicted octanol–water partition coefficient (Wildman–Crippen LogP) is 3.79. The molecule has 0 amide bonds. The third kappa shape index (κ3) is 3.39. The van der Waals surface area contributed by atoms with Gasteiger partial charge >= 0.3 is 11.7 Å². The fourth-order valence-corrected chi connectivity index (χ4v) is 1.76. The van der Waals surface area contributed by atoms with E-state index < -0.39 is 16.6 Å². The van der Waals surface area contributed by atoms with Crippen LogP contribution >= 0.6 is 23.2 Å². The molecule has 2 rings (SSSR count). The molecule has 0 saturated heterocycles. The smallest absolute Gasteiger partial charge is 0.354 e. The summed E-state index contributed by atoms with van der Waals surface area (Å²) in [6.07, 6.45) is 0. The molecule has 9 heteroatoms. The van der Waals surface area contributed by atoms with E-state index in [1.54, 1.807) is 0 Å². The topological polar surface area (TPSA) is 103 Å². The van der Waals surface area contributed by atoms with Crippen molar-refractivity contribution in [3.05, 3.63) is 56.2 Å². The fraction of sp³-hybridized carbons (Fsp3) is 0. The Morgan fingerprint density at radius 3 is 2.57 bits per heavy atom. The van der Waals surface area contributed by atoms with Crippen LogP contribution in [0.4, 0.5) is 5.69 Å². The molecule has 7 nitrogen and oxygen atoms in total. The van der Waals surface area contributed by atoms with E-state index in [1.807, 2.05) is 0 Å². The van der Waals surface area contributed by atoms with Gasteiger partial charge in [0.1, 0.15) is 0 Å². The summed E-state index contributed by atoms with van der Waals surface area (Å²) in [5.41, 5.74) is -0.665. The van der Waals surface area contributed by atoms with E-state index in [2.05, 4.69) is 4.98 Å². The van der Waals surface area contributed by atoms with Gasteiger partial charge in [0.2, 0.25) is 11.6 Å². The van der Waals surface area contributed by atoms with E-state index in [0.717, 1.165) is 12.1 Å². The Kier molecular flexibility index (Phi) is 4.25. The Hall–Kier alpha value is -2.38. The van der Waals surface area contributed by atoms with Crippen LogP contribution in [0.1, 0.15) is 10.5 Å². The minimum Gasteiger partial charge on any atom is -0.477 e. The monoisotopic (exact) mass is 328 g/mol. The molecule has 0 spiro atoms. The van der Waals surface area contributed by atoms with Crippen LogP contribution in [0.25, 0.3) is 0 Å². The second kappa shape index (κ2) is 5.94. The molecule has 0 bridgehead atoms. The zero-order chi connectivity index (χ0) is 15.6. The number of nitrogens with zero attached hydrogens (tertiary/aromatic N) is 2. The number of ether oxygens (including phenoxy) is 1. The summed E-state index contributed by atoms with van der Waals surface area (Å²) in [5.74, 6) is -1.55. The lowest BCUT2D eigenvalue weighted by Gasteiger charge is -2.07. The predicted molar refractivity (Wildman–Crippen MR) is 74.4 cm³/mol. The van der Waals surface area contributed by atoms with E-state index >= 15 is 0 Å². The van der Waals surface area contributed by atoms with Crippen LogP contribution in [0, 0.1) is 10.1 Å². The van der Waals surface area contributed by atoms with E-state index in [0.29, 0.717) is 0 Å². The molecular formula is C12H6Cl2N2O5. The summed E-state index contributed by atoms with van der Waals surface area (Å²) < 4.78 is 5.24. The highest BCUT2D eigenvalue weighted by Gasteiger charge is 2.20. The second-order valence-corrected chi connectivity index (χ2v) is 4.57. The molecule has 0 unspecified atom stereocenters. The van der Waals surface area contributed by atoms with Crippen molar-refractivity contribution < 1.29 is 19.6 Å². The maximum absolute atomic E-state index is 11.0. The molecule has 108 valence electrons. The minimum absolute atomic E-state index is 0.00274. The van der Waals surface area contributed by atoms with Crippen LogP contribution in [0.3, 0.4) is 0 Å². The number of pyridine rings is 1. The van der Waals surface area contributed by atoms with E-state index in [1.165, 1.54) is 18.2 Å². The molecule has 0 aliphatic rings. The first kappa shape index (κ1) is 15.0. The maximum Gasteiger partial charge on any atom is 0.354 e. The van der Waals surface area contributed by atoms with Crippen molar-refractivity contribution in [1.29, 1.82) is 0 Å². The number of nitro benzene ring substituents is 1.